The molecule has 0 saturated carbocycles. The second-order valence-corrected chi connectivity index (χ2v) is 6.30. The van der Waals surface area contributed by atoms with Gasteiger partial charge in [-0.15, -0.1) is 11.3 Å². The van der Waals surface area contributed by atoms with E-state index in [1.807, 2.05) is 0 Å². The van der Waals surface area contributed by atoms with Crippen LogP contribution in [0, 0.1) is 13.8 Å². The molecule has 3 aromatic rings. The van der Waals surface area contributed by atoms with E-state index >= 15 is 0 Å². The van der Waals surface area contributed by atoms with E-state index in [4.69, 9.17) is 11.6 Å². The predicted octanol–water partition coefficient (Wildman–Crippen LogP) is 3.51. The summed E-state index contributed by atoms with van der Waals surface area (Å²) in [6.45, 7) is 3.51. The van der Waals surface area contributed by atoms with Crippen molar-refractivity contribution in [2.75, 3.05) is 5.32 Å². The number of carbonyl (C=O) groups is 1. The Morgan fingerprint density at radius 2 is 1.95 bits per heavy atom. The Kier molecular flexibility index (Phi) is 3.72. The molecule has 112 valence electrons. The quantitative estimate of drug-likeness (QED) is 0.753. The first-order valence-electron chi connectivity index (χ1n) is 6.52. The highest BCUT2D eigenvalue weighted by Gasteiger charge is 2.18. The summed E-state index contributed by atoms with van der Waals surface area (Å²) in [7, 11) is 0. The second-order valence-electron chi connectivity index (χ2n) is 4.85. The standard InChI is InChI=1S/C15H12ClN3O2S/c1-7-11-13(15(21)18-8(2)17-11)22-12(7)14(20)19-10-5-3-9(16)4-6-10/h3-6H,1-2H3,(H,19,20)(H,17,18,21). The van der Waals surface area contributed by atoms with Gasteiger partial charge in [0.25, 0.3) is 11.5 Å². The van der Waals surface area contributed by atoms with E-state index in [2.05, 4.69) is 15.3 Å². The van der Waals surface area contributed by atoms with E-state index in [0.717, 1.165) is 11.3 Å². The molecule has 0 aliphatic carbocycles. The SMILES string of the molecule is Cc1nc2c(C)c(C(=O)Nc3ccc(Cl)cc3)sc2c(=O)[nH]1. The van der Waals surface area contributed by atoms with E-state index in [0.29, 0.717) is 37.2 Å². The van der Waals surface area contributed by atoms with Crippen molar-refractivity contribution in [2.24, 2.45) is 0 Å². The van der Waals surface area contributed by atoms with Crippen molar-refractivity contribution in [2.45, 2.75) is 13.8 Å². The Labute approximate surface area is 135 Å². The third-order valence-corrected chi connectivity index (χ3v) is 4.73. The van der Waals surface area contributed by atoms with Crippen molar-refractivity contribution in [1.82, 2.24) is 9.97 Å². The lowest BCUT2D eigenvalue weighted by molar-refractivity contribution is 0.103. The summed E-state index contributed by atoms with van der Waals surface area (Å²) in [5.41, 5.74) is 1.71. The Morgan fingerprint density at radius 1 is 1.27 bits per heavy atom. The number of benzene rings is 1. The van der Waals surface area contributed by atoms with Crippen molar-refractivity contribution in [3.8, 4) is 0 Å². The van der Waals surface area contributed by atoms with Gasteiger partial charge < -0.3 is 10.3 Å². The lowest BCUT2D eigenvalue weighted by Crippen LogP contribution is -2.11. The van der Waals surface area contributed by atoms with Gasteiger partial charge in [0.05, 0.1) is 10.4 Å². The third kappa shape index (κ3) is 2.63. The molecular formula is C15H12ClN3O2S. The van der Waals surface area contributed by atoms with Crippen molar-refractivity contribution >= 4 is 44.7 Å². The maximum atomic E-state index is 12.4. The number of halogens is 1. The highest BCUT2D eigenvalue weighted by molar-refractivity contribution is 7.21. The third-order valence-electron chi connectivity index (χ3n) is 3.20. The van der Waals surface area contributed by atoms with Gasteiger partial charge >= 0.3 is 0 Å². The number of hydrogen-bond donors (Lipinski definition) is 2. The van der Waals surface area contributed by atoms with Crippen molar-refractivity contribution in [3.05, 3.63) is 55.9 Å². The van der Waals surface area contributed by atoms with Crippen LogP contribution in [0.5, 0.6) is 0 Å². The van der Waals surface area contributed by atoms with E-state index in [1.54, 1.807) is 38.1 Å². The molecule has 2 heterocycles. The number of thiophene rings is 1. The van der Waals surface area contributed by atoms with Gasteiger partial charge in [-0.25, -0.2) is 4.98 Å². The first kappa shape index (κ1) is 14.7. The van der Waals surface area contributed by atoms with Crippen molar-refractivity contribution in [1.29, 1.82) is 0 Å². The van der Waals surface area contributed by atoms with E-state index < -0.39 is 0 Å². The number of amides is 1. The van der Waals surface area contributed by atoms with E-state index in [1.165, 1.54) is 0 Å². The zero-order valence-electron chi connectivity index (χ0n) is 11.9. The fourth-order valence-electron chi connectivity index (χ4n) is 2.15. The van der Waals surface area contributed by atoms with Crippen LogP contribution < -0.4 is 10.9 Å². The van der Waals surface area contributed by atoms with Gasteiger partial charge in [-0.05, 0) is 43.7 Å². The summed E-state index contributed by atoms with van der Waals surface area (Å²) < 4.78 is 0.462. The van der Waals surface area contributed by atoms with E-state index in [-0.39, 0.29) is 11.5 Å². The monoisotopic (exact) mass is 333 g/mol. The predicted molar refractivity (Wildman–Crippen MR) is 89.1 cm³/mol. The number of aromatic amines is 1. The minimum atomic E-state index is -0.264. The Hall–Kier alpha value is -2.18. The molecule has 0 bridgehead atoms. The van der Waals surface area contributed by atoms with Gasteiger partial charge in [-0.2, -0.15) is 0 Å². The Balaban J connectivity index is 2.01. The molecule has 0 fully saturated rings. The summed E-state index contributed by atoms with van der Waals surface area (Å²) in [5.74, 6) is 0.267. The van der Waals surface area contributed by atoms with Crippen molar-refractivity contribution < 1.29 is 4.79 Å². The van der Waals surface area contributed by atoms with Crippen LogP contribution in [-0.4, -0.2) is 15.9 Å². The van der Waals surface area contributed by atoms with Crippen LogP contribution in [0.3, 0.4) is 0 Å². The van der Waals surface area contributed by atoms with Gasteiger partial charge in [0.2, 0.25) is 0 Å². The van der Waals surface area contributed by atoms with Crippen molar-refractivity contribution in [3.63, 3.8) is 0 Å². The number of hydrogen-bond acceptors (Lipinski definition) is 4. The van der Waals surface area contributed by atoms with Gasteiger partial charge in [0, 0.05) is 10.7 Å². The molecule has 0 radical (unpaired) electrons. The van der Waals surface area contributed by atoms with Crippen LogP contribution in [0.1, 0.15) is 21.1 Å². The van der Waals surface area contributed by atoms with Gasteiger partial charge in [0.15, 0.2) is 0 Å². The molecule has 0 aliphatic heterocycles. The lowest BCUT2D eigenvalue weighted by Gasteiger charge is -2.04. The van der Waals surface area contributed by atoms with Gasteiger partial charge in [0.1, 0.15) is 10.5 Å². The molecule has 7 heteroatoms. The first-order chi connectivity index (χ1) is 10.5. The minimum absolute atomic E-state index is 0.221. The number of aromatic nitrogens is 2. The molecule has 0 spiro atoms. The first-order valence-corrected chi connectivity index (χ1v) is 7.72. The molecule has 0 atom stereocenters. The van der Waals surface area contributed by atoms with Crippen LogP contribution in [0.25, 0.3) is 10.2 Å². The number of carbonyl (C=O) groups excluding carboxylic acids is 1. The summed E-state index contributed by atoms with van der Waals surface area (Å²) in [6, 6.07) is 6.84. The molecule has 22 heavy (non-hydrogen) atoms. The number of H-pyrrole nitrogens is 1. The highest BCUT2D eigenvalue weighted by Crippen LogP contribution is 2.27. The molecule has 5 nitrogen and oxygen atoms in total. The smallest absolute Gasteiger partial charge is 0.268 e. The summed E-state index contributed by atoms with van der Waals surface area (Å²) in [6.07, 6.45) is 0. The molecule has 3 rings (SSSR count). The normalized spacial score (nSPS) is 10.9. The molecule has 0 saturated heterocycles. The molecule has 2 N–H and O–H groups in total. The number of fused-ring (bicyclic) bond motifs is 1. The summed E-state index contributed by atoms with van der Waals surface area (Å²) >= 11 is 6.96. The molecule has 2 aromatic heterocycles. The maximum absolute atomic E-state index is 12.4. The average molecular weight is 334 g/mol. The molecule has 1 aromatic carbocycles. The molecule has 0 aliphatic rings. The van der Waals surface area contributed by atoms with Gasteiger partial charge in [-0.1, -0.05) is 11.6 Å². The van der Waals surface area contributed by atoms with Crippen LogP contribution in [0.15, 0.2) is 29.1 Å². The van der Waals surface area contributed by atoms with Crippen LogP contribution in [0.2, 0.25) is 5.02 Å². The number of nitrogens with one attached hydrogen (secondary N) is 2. The van der Waals surface area contributed by atoms with Crippen LogP contribution in [0.4, 0.5) is 5.69 Å². The number of rotatable bonds is 2. The van der Waals surface area contributed by atoms with E-state index in [9.17, 15) is 9.59 Å². The number of aryl methyl sites for hydroxylation is 2. The highest BCUT2D eigenvalue weighted by atomic mass is 35.5. The number of anilines is 1. The topological polar surface area (TPSA) is 74.8 Å². The summed E-state index contributed by atoms with van der Waals surface area (Å²) in [4.78, 5) is 31.8. The Morgan fingerprint density at radius 3 is 2.64 bits per heavy atom. The number of nitrogens with zero attached hydrogens (tertiary/aromatic N) is 1. The fraction of sp³-hybridized carbons (Fsp3) is 0.133. The second kappa shape index (κ2) is 5.55. The van der Waals surface area contributed by atoms with Crippen LogP contribution in [-0.2, 0) is 0 Å². The molecule has 0 unspecified atom stereocenters. The summed E-state index contributed by atoms with van der Waals surface area (Å²) in [5, 5.41) is 3.39. The average Bonchev–Trinajstić information content (AvgIpc) is 2.79. The van der Waals surface area contributed by atoms with Crippen LogP contribution >= 0.6 is 22.9 Å². The zero-order chi connectivity index (χ0) is 15.9. The largest absolute Gasteiger partial charge is 0.321 e. The minimum Gasteiger partial charge on any atom is -0.321 e. The lowest BCUT2D eigenvalue weighted by atomic mass is 10.2. The van der Waals surface area contributed by atoms with Gasteiger partial charge in [-0.3, -0.25) is 9.59 Å². The molecular weight excluding hydrogens is 322 g/mol. The molecule has 1 amide bonds. The zero-order valence-corrected chi connectivity index (χ0v) is 13.4. The fourth-order valence-corrected chi connectivity index (χ4v) is 3.31. The maximum Gasteiger partial charge on any atom is 0.268 e. The Bertz CT molecular complexity index is 928.